The van der Waals surface area contributed by atoms with Gasteiger partial charge in [-0.1, -0.05) is 0 Å². The van der Waals surface area contributed by atoms with Crippen LogP contribution in [-0.4, -0.2) is 6.61 Å². The van der Waals surface area contributed by atoms with Gasteiger partial charge in [0.25, 0.3) is 0 Å². The highest BCUT2D eigenvalue weighted by Crippen LogP contribution is 2.24. The number of ether oxygens (including phenoxy) is 1. The molecule has 1 rings (SSSR count). The molecule has 0 saturated carbocycles. The third-order valence-electron chi connectivity index (χ3n) is 1.57. The van der Waals surface area contributed by atoms with Crippen LogP contribution in [0.15, 0.2) is 0 Å². The van der Waals surface area contributed by atoms with E-state index in [2.05, 4.69) is 13.8 Å². The van der Waals surface area contributed by atoms with Crippen molar-refractivity contribution in [1.82, 2.24) is 0 Å². The molecule has 1 fully saturated rings. The monoisotopic (exact) mass is 99.1 g/mol. The van der Waals surface area contributed by atoms with Gasteiger partial charge in [-0.05, 0) is 6.92 Å². The van der Waals surface area contributed by atoms with E-state index in [-0.39, 0.29) is 0 Å². The van der Waals surface area contributed by atoms with Crippen LogP contribution in [0.25, 0.3) is 0 Å². The highest BCUT2D eigenvalue weighted by atomic mass is 16.5. The summed E-state index contributed by atoms with van der Waals surface area (Å²) < 4.78 is 5.18. The second-order valence-electron chi connectivity index (χ2n) is 2.15. The van der Waals surface area contributed by atoms with Crippen LogP contribution in [0.4, 0.5) is 0 Å². The molecule has 1 unspecified atom stereocenters. The van der Waals surface area contributed by atoms with E-state index in [0.29, 0.717) is 5.92 Å². The third-order valence-corrected chi connectivity index (χ3v) is 1.57. The van der Waals surface area contributed by atoms with Crippen molar-refractivity contribution in [2.24, 2.45) is 5.92 Å². The van der Waals surface area contributed by atoms with Crippen molar-refractivity contribution in [3.8, 4) is 0 Å². The number of hydrogen-bond donors (Lipinski definition) is 0. The first-order valence-electron chi connectivity index (χ1n) is 2.77. The van der Waals surface area contributed by atoms with Crippen molar-refractivity contribution >= 4 is 0 Å². The minimum Gasteiger partial charge on any atom is -0.194 e. The molecule has 0 N–H and O–H groups in total. The SMILES string of the molecule is C[C+]1OCCC1C. The van der Waals surface area contributed by atoms with Gasteiger partial charge in [0.2, 0.25) is 6.10 Å². The predicted octanol–water partition coefficient (Wildman–Crippen LogP) is 1.59. The Bertz CT molecular complexity index is 53.2. The Morgan fingerprint density at radius 2 is 2.43 bits per heavy atom. The van der Waals surface area contributed by atoms with Crippen LogP contribution in [0.2, 0.25) is 0 Å². The van der Waals surface area contributed by atoms with Gasteiger partial charge in [0.05, 0.1) is 0 Å². The first-order chi connectivity index (χ1) is 3.30. The molecule has 0 aromatic rings. The Balaban J connectivity index is 2.33. The summed E-state index contributed by atoms with van der Waals surface area (Å²) >= 11 is 0. The summed E-state index contributed by atoms with van der Waals surface area (Å²) in [6.07, 6.45) is 2.42. The van der Waals surface area contributed by atoms with Crippen LogP contribution in [0.5, 0.6) is 0 Å². The third kappa shape index (κ3) is 0.885. The van der Waals surface area contributed by atoms with E-state index in [1.807, 2.05) is 0 Å². The van der Waals surface area contributed by atoms with Crippen molar-refractivity contribution in [1.29, 1.82) is 0 Å². The lowest BCUT2D eigenvalue weighted by atomic mass is 10.1. The van der Waals surface area contributed by atoms with E-state index in [4.69, 9.17) is 4.74 Å². The first kappa shape index (κ1) is 4.98. The average Bonchev–Trinajstić information content (AvgIpc) is 1.91. The molecule has 0 amide bonds. The fraction of sp³-hybridized carbons (Fsp3) is 0.833. The topological polar surface area (TPSA) is 9.23 Å². The molecule has 1 atom stereocenters. The van der Waals surface area contributed by atoms with Crippen molar-refractivity contribution in [3.05, 3.63) is 6.10 Å². The molecule has 1 nitrogen and oxygen atoms in total. The van der Waals surface area contributed by atoms with Gasteiger partial charge in [-0.25, -0.2) is 0 Å². The standard InChI is InChI=1S/C6H11O/c1-5-3-4-7-6(5)2/h5H,3-4H2,1-2H3/q+1. The molecule has 0 radical (unpaired) electrons. The average molecular weight is 99.2 g/mol. The zero-order valence-electron chi connectivity index (χ0n) is 4.90. The summed E-state index contributed by atoms with van der Waals surface area (Å²) in [5, 5.41) is 0. The first-order valence-corrected chi connectivity index (χ1v) is 2.77. The Kier molecular flexibility index (Phi) is 1.24. The summed E-state index contributed by atoms with van der Waals surface area (Å²) in [6, 6.07) is 0. The summed E-state index contributed by atoms with van der Waals surface area (Å²) in [7, 11) is 0. The number of rotatable bonds is 0. The van der Waals surface area contributed by atoms with Gasteiger partial charge in [0.15, 0.2) is 0 Å². The minimum atomic E-state index is 0.708. The highest BCUT2D eigenvalue weighted by Gasteiger charge is 2.31. The normalized spacial score (nSPS) is 31.7. The van der Waals surface area contributed by atoms with E-state index < -0.39 is 0 Å². The van der Waals surface area contributed by atoms with Gasteiger partial charge in [-0.2, -0.15) is 4.74 Å². The van der Waals surface area contributed by atoms with Crippen molar-refractivity contribution in [3.63, 3.8) is 0 Å². The van der Waals surface area contributed by atoms with Gasteiger partial charge >= 0.3 is 0 Å². The maximum atomic E-state index is 5.18. The van der Waals surface area contributed by atoms with Crippen molar-refractivity contribution < 1.29 is 4.74 Å². The minimum absolute atomic E-state index is 0.708. The molecular weight excluding hydrogens is 88.1 g/mol. The lowest BCUT2D eigenvalue weighted by Gasteiger charge is -1.89. The molecule has 0 aliphatic carbocycles. The zero-order chi connectivity index (χ0) is 5.28. The molecule has 1 heteroatoms. The molecular formula is C6H11O+. The molecule has 1 aliphatic rings. The van der Waals surface area contributed by atoms with E-state index in [9.17, 15) is 0 Å². The lowest BCUT2D eigenvalue weighted by molar-refractivity contribution is 0.197. The molecule has 0 spiro atoms. The highest BCUT2D eigenvalue weighted by molar-refractivity contribution is 4.83. The Morgan fingerprint density at radius 3 is 2.57 bits per heavy atom. The van der Waals surface area contributed by atoms with Crippen molar-refractivity contribution in [2.45, 2.75) is 20.3 Å². The Hall–Kier alpha value is -0.170. The smallest absolute Gasteiger partial charge is 0.194 e. The van der Waals surface area contributed by atoms with Gasteiger partial charge in [-0.3, -0.25) is 0 Å². The Morgan fingerprint density at radius 1 is 1.71 bits per heavy atom. The summed E-state index contributed by atoms with van der Waals surface area (Å²) in [5.41, 5.74) is 0. The van der Waals surface area contributed by atoms with E-state index >= 15 is 0 Å². The largest absolute Gasteiger partial charge is 0.240 e. The van der Waals surface area contributed by atoms with Crippen LogP contribution < -0.4 is 0 Å². The number of hydrogen-bond acceptors (Lipinski definition) is 1. The van der Waals surface area contributed by atoms with E-state index in [1.165, 1.54) is 12.5 Å². The maximum Gasteiger partial charge on any atom is 0.240 e. The fourth-order valence-electron chi connectivity index (χ4n) is 0.742. The van der Waals surface area contributed by atoms with Crippen LogP contribution in [-0.2, 0) is 4.74 Å². The second-order valence-corrected chi connectivity index (χ2v) is 2.15. The fourth-order valence-corrected chi connectivity index (χ4v) is 0.742. The zero-order valence-corrected chi connectivity index (χ0v) is 4.90. The van der Waals surface area contributed by atoms with Crippen LogP contribution in [0, 0.1) is 12.0 Å². The molecule has 1 aliphatic heterocycles. The quantitative estimate of drug-likeness (QED) is 0.419. The molecule has 0 aromatic carbocycles. The maximum absolute atomic E-state index is 5.18. The molecule has 7 heavy (non-hydrogen) atoms. The molecule has 0 bridgehead atoms. The van der Waals surface area contributed by atoms with E-state index in [0.717, 1.165) is 6.61 Å². The van der Waals surface area contributed by atoms with Crippen LogP contribution in [0.3, 0.4) is 0 Å². The van der Waals surface area contributed by atoms with Gasteiger partial charge < -0.3 is 0 Å². The summed E-state index contributed by atoms with van der Waals surface area (Å²) in [5.74, 6) is 0.708. The lowest BCUT2D eigenvalue weighted by Crippen LogP contribution is -1.94. The van der Waals surface area contributed by atoms with Crippen LogP contribution >= 0.6 is 0 Å². The summed E-state index contributed by atoms with van der Waals surface area (Å²) in [6.45, 7) is 5.19. The van der Waals surface area contributed by atoms with Gasteiger partial charge in [0, 0.05) is 6.42 Å². The van der Waals surface area contributed by atoms with Gasteiger partial charge in [-0.15, -0.1) is 0 Å². The molecule has 40 valence electrons. The molecule has 1 saturated heterocycles. The Labute approximate surface area is 44.7 Å². The molecule has 0 aromatic heterocycles. The van der Waals surface area contributed by atoms with Crippen LogP contribution in [0.1, 0.15) is 20.3 Å². The van der Waals surface area contributed by atoms with E-state index in [1.54, 1.807) is 0 Å². The second kappa shape index (κ2) is 1.74. The summed E-state index contributed by atoms with van der Waals surface area (Å²) in [4.78, 5) is 0. The predicted molar refractivity (Wildman–Crippen MR) is 28.6 cm³/mol. The molecule has 1 heterocycles. The van der Waals surface area contributed by atoms with Gasteiger partial charge in [0.1, 0.15) is 19.4 Å². The van der Waals surface area contributed by atoms with Crippen molar-refractivity contribution in [2.75, 3.05) is 6.61 Å².